The van der Waals surface area contributed by atoms with Crippen LogP contribution >= 0.6 is 11.8 Å². The number of carbonyl (C=O) groups is 1. The number of hydrogen-bond donors (Lipinski definition) is 0. The molecule has 1 saturated heterocycles. The fourth-order valence-corrected chi connectivity index (χ4v) is 4.05. The zero-order valence-electron chi connectivity index (χ0n) is 14.4. The maximum Gasteiger partial charge on any atom is 0.269 e. The number of amides is 1. The molecule has 1 fully saturated rings. The average Bonchev–Trinajstić information content (AvgIpc) is 3.16. The predicted octanol–water partition coefficient (Wildman–Crippen LogP) is 3.50. The predicted molar refractivity (Wildman–Crippen MR) is 98.9 cm³/mol. The number of methoxy groups -OCH3 is 2. The lowest BCUT2D eigenvalue weighted by Crippen LogP contribution is -2.30. The van der Waals surface area contributed by atoms with Crippen molar-refractivity contribution >= 4 is 23.4 Å². The molecule has 8 heteroatoms. The lowest BCUT2D eigenvalue weighted by molar-refractivity contribution is -0.384. The van der Waals surface area contributed by atoms with Gasteiger partial charge in [0.15, 0.2) is 0 Å². The van der Waals surface area contributed by atoms with Gasteiger partial charge in [0, 0.05) is 36.1 Å². The Labute approximate surface area is 155 Å². The summed E-state index contributed by atoms with van der Waals surface area (Å²) in [6.45, 7) is 0.602. The number of carbonyl (C=O) groups excluding carboxylic acids is 1. The highest BCUT2D eigenvalue weighted by atomic mass is 32.2. The number of thioether (sulfide) groups is 1. The van der Waals surface area contributed by atoms with Crippen LogP contribution in [0.25, 0.3) is 0 Å². The van der Waals surface area contributed by atoms with Gasteiger partial charge in [-0.25, -0.2) is 0 Å². The lowest BCUT2D eigenvalue weighted by Gasteiger charge is -2.25. The zero-order valence-corrected chi connectivity index (χ0v) is 15.2. The van der Waals surface area contributed by atoms with Crippen LogP contribution in [0.5, 0.6) is 11.5 Å². The van der Waals surface area contributed by atoms with Gasteiger partial charge in [-0.2, -0.15) is 0 Å². The Hall–Kier alpha value is -2.74. The maximum absolute atomic E-state index is 12.9. The molecule has 0 N–H and O–H groups in total. The highest BCUT2D eigenvalue weighted by Crippen LogP contribution is 2.41. The van der Waals surface area contributed by atoms with Crippen molar-refractivity contribution < 1.29 is 19.2 Å². The van der Waals surface area contributed by atoms with Crippen LogP contribution in [-0.2, 0) is 0 Å². The van der Waals surface area contributed by atoms with Gasteiger partial charge in [-0.15, -0.1) is 11.8 Å². The summed E-state index contributed by atoms with van der Waals surface area (Å²) in [4.78, 5) is 25.0. The molecular formula is C18H18N2O5S. The first-order valence-electron chi connectivity index (χ1n) is 7.93. The van der Waals surface area contributed by atoms with Gasteiger partial charge in [-0.05, 0) is 29.8 Å². The SMILES string of the molecule is COc1cc(OC)cc(C2SCCN2C(=O)c2ccc([N+](=O)[O-])cc2)c1. The van der Waals surface area contributed by atoms with Gasteiger partial charge in [0.25, 0.3) is 11.6 Å². The first kappa shape index (κ1) is 18.1. The molecule has 1 amide bonds. The van der Waals surface area contributed by atoms with E-state index in [-0.39, 0.29) is 17.0 Å². The van der Waals surface area contributed by atoms with E-state index in [1.54, 1.807) is 36.9 Å². The molecule has 1 unspecified atom stereocenters. The molecule has 0 aromatic heterocycles. The second-order valence-electron chi connectivity index (χ2n) is 5.67. The van der Waals surface area contributed by atoms with Crippen molar-refractivity contribution in [3.63, 3.8) is 0 Å². The minimum Gasteiger partial charge on any atom is -0.497 e. The van der Waals surface area contributed by atoms with E-state index in [1.165, 1.54) is 24.3 Å². The molecule has 0 radical (unpaired) electrons. The molecule has 0 spiro atoms. The van der Waals surface area contributed by atoms with Crippen LogP contribution in [0.15, 0.2) is 42.5 Å². The molecule has 0 saturated carbocycles. The molecular weight excluding hydrogens is 356 g/mol. The molecule has 1 aliphatic rings. The molecule has 0 aliphatic carbocycles. The Morgan fingerprint density at radius 2 is 1.77 bits per heavy atom. The molecule has 1 heterocycles. The fourth-order valence-electron chi connectivity index (χ4n) is 2.82. The van der Waals surface area contributed by atoms with Crippen molar-refractivity contribution in [2.75, 3.05) is 26.5 Å². The third-order valence-electron chi connectivity index (χ3n) is 4.14. The molecule has 7 nitrogen and oxygen atoms in total. The largest absolute Gasteiger partial charge is 0.497 e. The van der Waals surface area contributed by atoms with E-state index < -0.39 is 4.92 Å². The molecule has 1 atom stereocenters. The molecule has 26 heavy (non-hydrogen) atoms. The summed E-state index contributed by atoms with van der Waals surface area (Å²) >= 11 is 1.66. The number of nitro groups is 1. The van der Waals surface area contributed by atoms with Crippen LogP contribution in [-0.4, -0.2) is 42.2 Å². The average molecular weight is 374 g/mol. The molecule has 136 valence electrons. The number of nitrogens with zero attached hydrogens (tertiary/aromatic N) is 2. The van der Waals surface area contributed by atoms with Crippen molar-refractivity contribution in [2.24, 2.45) is 0 Å². The van der Waals surface area contributed by atoms with Crippen molar-refractivity contribution in [3.8, 4) is 11.5 Å². The summed E-state index contributed by atoms with van der Waals surface area (Å²) in [7, 11) is 3.17. The van der Waals surface area contributed by atoms with E-state index in [0.717, 1.165) is 11.3 Å². The lowest BCUT2D eigenvalue weighted by atomic mass is 10.1. The van der Waals surface area contributed by atoms with Gasteiger partial charge >= 0.3 is 0 Å². The smallest absolute Gasteiger partial charge is 0.269 e. The highest BCUT2D eigenvalue weighted by Gasteiger charge is 2.32. The zero-order chi connectivity index (χ0) is 18.7. The van der Waals surface area contributed by atoms with Crippen LogP contribution in [0.1, 0.15) is 21.3 Å². The molecule has 2 aromatic carbocycles. The van der Waals surface area contributed by atoms with E-state index in [2.05, 4.69) is 0 Å². The summed E-state index contributed by atoms with van der Waals surface area (Å²) < 4.78 is 10.6. The van der Waals surface area contributed by atoms with E-state index in [1.807, 2.05) is 12.1 Å². The molecule has 1 aliphatic heterocycles. The number of nitro benzene ring substituents is 1. The normalized spacial score (nSPS) is 16.4. The molecule has 2 aromatic rings. The van der Waals surface area contributed by atoms with Crippen LogP contribution in [0.3, 0.4) is 0 Å². The number of hydrogen-bond acceptors (Lipinski definition) is 6. The van der Waals surface area contributed by atoms with Gasteiger partial charge in [0.2, 0.25) is 0 Å². The standard InChI is InChI=1S/C18H18N2O5S/c1-24-15-9-13(10-16(11-15)25-2)18-19(7-8-26-18)17(21)12-3-5-14(6-4-12)20(22)23/h3-6,9-11,18H,7-8H2,1-2H3. The Morgan fingerprint density at radius 1 is 1.15 bits per heavy atom. The van der Waals surface area contributed by atoms with Crippen molar-refractivity contribution in [1.29, 1.82) is 0 Å². The molecule has 3 rings (SSSR count). The third-order valence-corrected chi connectivity index (χ3v) is 5.40. The minimum atomic E-state index is -0.481. The summed E-state index contributed by atoms with van der Waals surface area (Å²) in [5.74, 6) is 1.98. The summed E-state index contributed by atoms with van der Waals surface area (Å²) in [5, 5.41) is 10.6. The van der Waals surface area contributed by atoms with Crippen molar-refractivity contribution in [3.05, 3.63) is 63.7 Å². The highest BCUT2D eigenvalue weighted by molar-refractivity contribution is 7.99. The van der Waals surface area contributed by atoms with Gasteiger partial charge in [0.1, 0.15) is 16.9 Å². The number of benzene rings is 2. The summed E-state index contributed by atoms with van der Waals surface area (Å²) in [6, 6.07) is 11.2. The van der Waals surface area contributed by atoms with E-state index in [9.17, 15) is 14.9 Å². The van der Waals surface area contributed by atoms with Crippen molar-refractivity contribution in [1.82, 2.24) is 4.90 Å². The topological polar surface area (TPSA) is 81.9 Å². The fraction of sp³-hybridized carbons (Fsp3) is 0.278. The van der Waals surface area contributed by atoms with Gasteiger partial charge in [-0.1, -0.05) is 0 Å². The summed E-state index contributed by atoms with van der Waals surface area (Å²) in [5.41, 5.74) is 1.31. The second kappa shape index (κ2) is 7.65. The van der Waals surface area contributed by atoms with E-state index >= 15 is 0 Å². The van der Waals surface area contributed by atoms with Crippen LogP contribution < -0.4 is 9.47 Å². The minimum absolute atomic E-state index is 0.0357. The Bertz CT molecular complexity index is 803. The first-order chi connectivity index (χ1) is 12.5. The van der Waals surface area contributed by atoms with Crippen LogP contribution in [0.4, 0.5) is 5.69 Å². The number of non-ortho nitro benzene ring substituents is 1. The Morgan fingerprint density at radius 3 is 2.31 bits per heavy atom. The third kappa shape index (κ3) is 3.60. The van der Waals surface area contributed by atoms with Crippen LogP contribution in [0, 0.1) is 10.1 Å². The monoisotopic (exact) mass is 374 g/mol. The van der Waals surface area contributed by atoms with Gasteiger partial charge < -0.3 is 14.4 Å². The molecule has 0 bridgehead atoms. The maximum atomic E-state index is 12.9. The summed E-state index contributed by atoms with van der Waals surface area (Å²) in [6.07, 6.45) is 0. The first-order valence-corrected chi connectivity index (χ1v) is 8.98. The van der Waals surface area contributed by atoms with Crippen molar-refractivity contribution in [2.45, 2.75) is 5.37 Å². The van der Waals surface area contributed by atoms with Gasteiger partial charge in [-0.3, -0.25) is 14.9 Å². The van der Waals surface area contributed by atoms with E-state index in [4.69, 9.17) is 9.47 Å². The number of rotatable bonds is 5. The quantitative estimate of drug-likeness (QED) is 0.588. The van der Waals surface area contributed by atoms with Gasteiger partial charge in [0.05, 0.1) is 19.1 Å². The Balaban J connectivity index is 1.88. The number of ether oxygens (including phenoxy) is 2. The Kier molecular flexibility index (Phi) is 5.32. The van der Waals surface area contributed by atoms with Crippen LogP contribution in [0.2, 0.25) is 0 Å². The van der Waals surface area contributed by atoms with E-state index in [0.29, 0.717) is 23.6 Å². The second-order valence-corrected chi connectivity index (χ2v) is 6.86.